The molecule has 1 fully saturated rings. The largest absolute Gasteiger partial charge is 0.481 e. The molecule has 17 heavy (non-hydrogen) atoms. The van der Waals surface area contributed by atoms with Crippen LogP contribution in [0.25, 0.3) is 0 Å². The molecule has 0 spiro atoms. The van der Waals surface area contributed by atoms with Gasteiger partial charge in [0.15, 0.2) is 0 Å². The molecule has 1 amide bonds. The molecule has 3 rings (SSSR count). The highest BCUT2D eigenvalue weighted by Gasteiger charge is 2.44. The fourth-order valence-electron chi connectivity index (χ4n) is 2.27. The van der Waals surface area contributed by atoms with Crippen molar-refractivity contribution in [2.24, 2.45) is 5.92 Å². The summed E-state index contributed by atoms with van der Waals surface area (Å²) in [5.74, 6) is -2.69. The highest BCUT2D eigenvalue weighted by atomic mass is 16.5. The third kappa shape index (κ3) is 1.37. The highest BCUT2D eigenvalue weighted by Crippen LogP contribution is 2.31. The molecule has 8 heteroatoms. The minimum Gasteiger partial charge on any atom is -0.481 e. The van der Waals surface area contributed by atoms with Crippen molar-refractivity contribution in [3.05, 3.63) is 5.82 Å². The molecule has 8 nitrogen and oxygen atoms in total. The second-order valence-corrected chi connectivity index (χ2v) is 4.01. The maximum absolute atomic E-state index is 11.4. The molecular formula is C9H10N4O4. The number of aliphatic carboxylic acids is 1. The van der Waals surface area contributed by atoms with E-state index in [1.165, 1.54) is 0 Å². The van der Waals surface area contributed by atoms with Crippen LogP contribution in [-0.4, -0.2) is 44.9 Å². The van der Waals surface area contributed by atoms with Gasteiger partial charge in [0, 0.05) is 6.54 Å². The lowest BCUT2D eigenvalue weighted by molar-refractivity contribution is -0.145. The van der Waals surface area contributed by atoms with Crippen LogP contribution in [0.1, 0.15) is 11.7 Å². The number of carbonyl (C=O) groups is 2. The van der Waals surface area contributed by atoms with Crippen LogP contribution >= 0.6 is 0 Å². The van der Waals surface area contributed by atoms with E-state index in [0.717, 1.165) is 0 Å². The minimum absolute atomic E-state index is 0.272. The van der Waals surface area contributed by atoms with E-state index in [2.05, 4.69) is 15.5 Å². The molecule has 2 N–H and O–H groups in total. The summed E-state index contributed by atoms with van der Waals surface area (Å²) in [4.78, 5) is 22.5. The molecule has 0 saturated carbocycles. The third-order valence-corrected chi connectivity index (χ3v) is 3.07. The Bertz CT molecular complexity index is 497. The lowest BCUT2D eigenvalue weighted by atomic mass is 9.95. The second kappa shape index (κ2) is 3.44. The van der Waals surface area contributed by atoms with E-state index in [0.29, 0.717) is 25.0 Å². The van der Waals surface area contributed by atoms with Crippen molar-refractivity contribution in [1.29, 1.82) is 0 Å². The number of ether oxygens (including phenoxy) is 1. The number of aromatic nitrogens is 3. The minimum atomic E-state index is -1.14. The lowest BCUT2D eigenvalue weighted by Crippen LogP contribution is -2.27. The normalized spacial score (nSPS) is 26.5. The SMILES string of the molecule is O=C(O)C1C(=O)NCC1c1nnc2n1CCO2. The van der Waals surface area contributed by atoms with Gasteiger partial charge in [-0.05, 0) is 0 Å². The summed E-state index contributed by atoms with van der Waals surface area (Å²) in [7, 11) is 0. The fourth-order valence-corrected chi connectivity index (χ4v) is 2.27. The molecule has 2 aliphatic rings. The number of rotatable bonds is 2. The van der Waals surface area contributed by atoms with E-state index in [9.17, 15) is 9.59 Å². The Balaban J connectivity index is 1.98. The number of carboxylic acids is 1. The monoisotopic (exact) mass is 238 g/mol. The van der Waals surface area contributed by atoms with Gasteiger partial charge in [-0.3, -0.25) is 14.2 Å². The van der Waals surface area contributed by atoms with Crippen LogP contribution in [0.5, 0.6) is 6.01 Å². The van der Waals surface area contributed by atoms with Crippen LogP contribution in [-0.2, 0) is 16.1 Å². The summed E-state index contributed by atoms with van der Waals surface area (Å²) in [6, 6.07) is 0.392. The zero-order chi connectivity index (χ0) is 12.0. The second-order valence-electron chi connectivity index (χ2n) is 4.01. The van der Waals surface area contributed by atoms with Crippen molar-refractivity contribution in [3.63, 3.8) is 0 Å². The van der Waals surface area contributed by atoms with Crippen molar-refractivity contribution < 1.29 is 19.4 Å². The van der Waals surface area contributed by atoms with Gasteiger partial charge in [0.05, 0.1) is 12.5 Å². The average Bonchev–Trinajstić information content (AvgIpc) is 2.90. The number of nitrogens with one attached hydrogen (secondary N) is 1. The molecule has 1 saturated heterocycles. The van der Waals surface area contributed by atoms with Gasteiger partial charge >= 0.3 is 12.0 Å². The number of hydrogen-bond donors (Lipinski definition) is 2. The van der Waals surface area contributed by atoms with Gasteiger partial charge in [-0.2, -0.15) is 0 Å². The van der Waals surface area contributed by atoms with Crippen LogP contribution in [0.4, 0.5) is 0 Å². The Hall–Kier alpha value is -2.12. The maximum atomic E-state index is 11.4. The lowest BCUT2D eigenvalue weighted by Gasteiger charge is -2.11. The van der Waals surface area contributed by atoms with E-state index in [1.54, 1.807) is 4.57 Å². The molecule has 0 bridgehead atoms. The smallest absolute Gasteiger partial charge is 0.317 e. The first-order chi connectivity index (χ1) is 8.18. The van der Waals surface area contributed by atoms with Gasteiger partial charge in [0.1, 0.15) is 18.3 Å². The summed E-state index contributed by atoms with van der Waals surface area (Å²) in [6.45, 7) is 1.37. The van der Waals surface area contributed by atoms with Gasteiger partial charge in [-0.1, -0.05) is 5.10 Å². The molecule has 2 aliphatic heterocycles. The zero-order valence-corrected chi connectivity index (χ0v) is 8.79. The van der Waals surface area contributed by atoms with Crippen molar-refractivity contribution in [2.75, 3.05) is 13.2 Å². The van der Waals surface area contributed by atoms with E-state index >= 15 is 0 Å². The maximum Gasteiger partial charge on any atom is 0.317 e. The number of hydrogen-bond acceptors (Lipinski definition) is 5. The summed E-state index contributed by atoms with van der Waals surface area (Å²) in [5.41, 5.74) is 0. The average molecular weight is 238 g/mol. The standard InChI is InChI=1S/C9H10N4O4/c14-7-5(8(15)16)4(3-10-7)6-11-12-9-13(6)1-2-17-9/h4-5H,1-3H2,(H,10,14)(H,15,16). The summed E-state index contributed by atoms with van der Waals surface area (Å²) in [5, 5.41) is 19.3. The molecule has 2 atom stereocenters. The van der Waals surface area contributed by atoms with E-state index in [-0.39, 0.29) is 6.54 Å². The number of amides is 1. The predicted octanol–water partition coefficient (Wildman–Crippen LogP) is -1.42. The summed E-state index contributed by atoms with van der Waals surface area (Å²) >= 11 is 0. The van der Waals surface area contributed by atoms with Crippen molar-refractivity contribution >= 4 is 11.9 Å². The molecule has 1 aromatic rings. The Kier molecular flexibility index (Phi) is 2.03. The topological polar surface area (TPSA) is 106 Å². The quantitative estimate of drug-likeness (QED) is 0.613. The van der Waals surface area contributed by atoms with Gasteiger partial charge in [-0.25, -0.2) is 0 Å². The van der Waals surface area contributed by atoms with Crippen LogP contribution in [0.2, 0.25) is 0 Å². The highest BCUT2D eigenvalue weighted by molar-refractivity contribution is 5.99. The van der Waals surface area contributed by atoms with E-state index < -0.39 is 23.7 Å². The molecule has 1 aromatic heterocycles. The van der Waals surface area contributed by atoms with Crippen LogP contribution in [0.3, 0.4) is 0 Å². The number of fused-ring (bicyclic) bond motifs is 1. The Morgan fingerprint density at radius 1 is 1.53 bits per heavy atom. The number of nitrogens with zero attached hydrogens (tertiary/aromatic N) is 3. The summed E-state index contributed by atoms with van der Waals surface area (Å²) in [6.07, 6.45) is 0. The van der Waals surface area contributed by atoms with Crippen LogP contribution in [0, 0.1) is 5.92 Å². The molecular weight excluding hydrogens is 228 g/mol. The number of carbonyl (C=O) groups excluding carboxylic acids is 1. The Labute approximate surface area is 95.6 Å². The van der Waals surface area contributed by atoms with E-state index in [1.807, 2.05) is 0 Å². The first-order valence-electron chi connectivity index (χ1n) is 5.25. The van der Waals surface area contributed by atoms with Gasteiger partial charge < -0.3 is 15.2 Å². The number of carboxylic acid groups (broad SMARTS) is 1. The Morgan fingerprint density at radius 3 is 3.12 bits per heavy atom. The van der Waals surface area contributed by atoms with Crippen molar-refractivity contribution in [3.8, 4) is 6.01 Å². The molecule has 90 valence electrons. The van der Waals surface area contributed by atoms with Crippen LogP contribution in [0.15, 0.2) is 0 Å². The molecule has 2 unspecified atom stereocenters. The van der Waals surface area contributed by atoms with E-state index in [4.69, 9.17) is 9.84 Å². The summed E-state index contributed by atoms with van der Waals surface area (Å²) < 4.78 is 6.92. The van der Waals surface area contributed by atoms with Gasteiger partial charge in [0.2, 0.25) is 5.91 Å². The van der Waals surface area contributed by atoms with Gasteiger partial charge in [0.25, 0.3) is 0 Å². The molecule has 0 aliphatic carbocycles. The predicted molar refractivity (Wildman–Crippen MR) is 52.4 cm³/mol. The molecule has 0 aromatic carbocycles. The first-order valence-corrected chi connectivity index (χ1v) is 5.25. The molecule has 0 radical (unpaired) electrons. The van der Waals surface area contributed by atoms with Crippen molar-refractivity contribution in [2.45, 2.75) is 12.5 Å². The zero-order valence-electron chi connectivity index (χ0n) is 8.79. The van der Waals surface area contributed by atoms with Crippen LogP contribution < -0.4 is 10.1 Å². The van der Waals surface area contributed by atoms with Gasteiger partial charge in [-0.15, -0.1) is 5.10 Å². The third-order valence-electron chi connectivity index (χ3n) is 3.07. The van der Waals surface area contributed by atoms with Crippen molar-refractivity contribution in [1.82, 2.24) is 20.1 Å². The fraction of sp³-hybridized carbons (Fsp3) is 0.556. The molecule has 3 heterocycles. The Morgan fingerprint density at radius 2 is 2.35 bits per heavy atom. The first kappa shape index (κ1) is 10.1.